The first-order valence-corrected chi connectivity index (χ1v) is 8.00. The van der Waals surface area contributed by atoms with Crippen LogP contribution in [-0.2, 0) is 9.53 Å². The first-order valence-electron chi connectivity index (χ1n) is 7.12. The molecule has 0 bridgehead atoms. The molecule has 0 aromatic heterocycles. The minimum Gasteiger partial charge on any atom is -0.493 e. The van der Waals surface area contributed by atoms with Crippen LogP contribution in [-0.4, -0.2) is 27.3 Å². The minimum atomic E-state index is -0.470. The number of hydrogen-bond acceptors (Lipinski definition) is 5. The molecule has 0 spiro atoms. The summed E-state index contributed by atoms with van der Waals surface area (Å²) in [6, 6.07) is 13.5. The maximum Gasteiger partial charge on any atom is 0.323 e. The minimum absolute atomic E-state index is 0.303. The molecule has 0 amide bonds. The molecule has 4 nitrogen and oxygen atoms in total. The SMILES string of the molecule is COC(=O)C(Sc1ccc(C)cc1)c1ccc(OC)c(OC)c1. The van der Waals surface area contributed by atoms with E-state index >= 15 is 0 Å². The molecule has 2 rings (SSSR count). The van der Waals surface area contributed by atoms with Gasteiger partial charge in [0.15, 0.2) is 11.5 Å². The van der Waals surface area contributed by atoms with Crippen LogP contribution in [0.15, 0.2) is 47.4 Å². The van der Waals surface area contributed by atoms with Crippen molar-refractivity contribution in [3.05, 3.63) is 53.6 Å². The van der Waals surface area contributed by atoms with Gasteiger partial charge in [-0.2, -0.15) is 0 Å². The third kappa shape index (κ3) is 4.20. The Morgan fingerprint density at radius 3 is 2.17 bits per heavy atom. The topological polar surface area (TPSA) is 44.8 Å². The van der Waals surface area contributed by atoms with Gasteiger partial charge in [-0.05, 0) is 36.8 Å². The average molecular weight is 332 g/mol. The van der Waals surface area contributed by atoms with Crippen LogP contribution in [0.25, 0.3) is 0 Å². The zero-order chi connectivity index (χ0) is 16.8. The molecule has 0 heterocycles. The van der Waals surface area contributed by atoms with Crippen LogP contribution >= 0.6 is 11.8 Å². The Kier molecular flexibility index (Phi) is 5.93. The molecule has 0 aliphatic heterocycles. The number of carbonyl (C=O) groups is 1. The highest BCUT2D eigenvalue weighted by atomic mass is 32.2. The molecular formula is C18H20O4S. The standard InChI is InChI=1S/C18H20O4S/c1-12-5-8-14(9-6-12)23-17(18(19)22-4)13-7-10-15(20-2)16(11-13)21-3/h5-11,17H,1-4H3. The Morgan fingerprint density at radius 1 is 0.957 bits per heavy atom. The molecule has 0 aliphatic carbocycles. The highest BCUT2D eigenvalue weighted by Crippen LogP contribution is 2.39. The molecular weight excluding hydrogens is 312 g/mol. The number of carbonyl (C=O) groups excluding carboxylic acids is 1. The van der Waals surface area contributed by atoms with Crippen LogP contribution in [0.3, 0.4) is 0 Å². The molecule has 0 N–H and O–H groups in total. The summed E-state index contributed by atoms with van der Waals surface area (Å²) in [5, 5.41) is -0.470. The van der Waals surface area contributed by atoms with Crippen molar-refractivity contribution in [1.82, 2.24) is 0 Å². The predicted octanol–water partition coefficient (Wildman–Crippen LogP) is 4.02. The van der Waals surface area contributed by atoms with Crippen LogP contribution in [0.2, 0.25) is 0 Å². The molecule has 0 saturated heterocycles. The van der Waals surface area contributed by atoms with Gasteiger partial charge in [0.2, 0.25) is 0 Å². The molecule has 0 fully saturated rings. The van der Waals surface area contributed by atoms with Gasteiger partial charge in [-0.25, -0.2) is 0 Å². The monoisotopic (exact) mass is 332 g/mol. The van der Waals surface area contributed by atoms with Crippen LogP contribution in [0, 0.1) is 6.92 Å². The van der Waals surface area contributed by atoms with Gasteiger partial charge in [0.05, 0.1) is 21.3 Å². The zero-order valence-corrected chi connectivity index (χ0v) is 14.5. The Labute approximate surface area is 140 Å². The van der Waals surface area contributed by atoms with Gasteiger partial charge in [-0.15, -0.1) is 11.8 Å². The Bertz CT molecular complexity index is 667. The predicted molar refractivity (Wildman–Crippen MR) is 91.3 cm³/mol. The zero-order valence-electron chi connectivity index (χ0n) is 13.7. The van der Waals surface area contributed by atoms with Crippen molar-refractivity contribution < 1.29 is 19.0 Å². The van der Waals surface area contributed by atoms with Gasteiger partial charge in [-0.3, -0.25) is 4.79 Å². The summed E-state index contributed by atoms with van der Waals surface area (Å²) in [6.07, 6.45) is 0. The lowest BCUT2D eigenvalue weighted by Crippen LogP contribution is -2.11. The number of rotatable bonds is 6. The van der Waals surface area contributed by atoms with Crippen LogP contribution in [0.4, 0.5) is 0 Å². The van der Waals surface area contributed by atoms with E-state index in [1.165, 1.54) is 24.4 Å². The van der Waals surface area contributed by atoms with Gasteiger partial charge in [-0.1, -0.05) is 23.8 Å². The largest absolute Gasteiger partial charge is 0.493 e. The van der Waals surface area contributed by atoms with Crippen LogP contribution < -0.4 is 9.47 Å². The van der Waals surface area contributed by atoms with Crippen molar-refractivity contribution in [1.29, 1.82) is 0 Å². The summed E-state index contributed by atoms with van der Waals surface area (Å²) >= 11 is 1.44. The van der Waals surface area contributed by atoms with Crippen molar-refractivity contribution >= 4 is 17.7 Å². The number of methoxy groups -OCH3 is 3. The van der Waals surface area contributed by atoms with E-state index < -0.39 is 5.25 Å². The van der Waals surface area contributed by atoms with E-state index in [4.69, 9.17) is 14.2 Å². The summed E-state index contributed by atoms with van der Waals surface area (Å²) < 4.78 is 15.5. The molecule has 2 aromatic rings. The van der Waals surface area contributed by atoms with Crippen molar-refractivity contribution in [2.75, 3.05) is 21.3 Å². The molecule has 122 valence electrons. The first kappa shape index (κ1) is 17.2. The number of thioether (sulfide) groups is 1. The average Bonchev–Trinajstić information content (AvgIpc) is 2.60. The summed E-state index contributed by atoms with van der Waals surface area (Å²) in [4.78, 5) is 13.2. The molecule has 0 saturated carbocycles. The van der Waals surface area contributed by atoms with Crippen molar-refractivity contribution in [2.24, 2.45) is 0 Å². The molecule has 1 atom stereocenters. The van der Waals surface area contributed by atoms with E-state index in [1.54, 1.807) is 20.3 Å². The number of hydrogen-bond donors (Lipinski definition) is 0. The summed E-state index contributed by atoms with van der Waals surface area (Å²) in [5.41, 5.74) is 1.98. The highest BCUT2D eigenvalue weighted by molar-refractivity contribution is 8.00. The molecule has 5 heteroatoms. The number of aryl methyl sites for hydroxylation is 1. The smallest absolute Gasteiger partial charge is 0.323 e. The summed E-state index contributed by atoms with van der Waals surface area (Å²) in [7, 11) is 4.55. The molecule has 2 aromatic carbocycles. The van der Waals surface area contributed by atoms with E-state index in [0.29, 0.717) is 11.5 Å². The maximum absolute atomic E-state index is 12.2. The van der Waals surface area contributed by atoms with Crippen molar-refractivity contribution in [2.45, 2.75) is 17.1 Å². The molecule has 0 radical (unpaired) electrons. The third-order valence-electron chi connectivity index (χ3n) is 3.40. The second kappa shape index (κ2) is 7.92. The summed E-state index contributed by atoms with van der Waals surface area (Å²) in [5.74, 6) is 0.909. The van der Waals surface area contributed by atoms with Crippen molar-refractivity contribution in [3.8, 4) is 11.5 Å². The van der Waals surface area contributed by atoms with Crippen molar-refractivity contribution in [3.63, 3.8) is 0 Å². The number of ether oxygens (including phenoxy) is 3. The molecule has 23 heavy (non-hydrogen) atoms. The maximum atomic E-state index is 12.2. The summed E-state index contributed by atoms with van der Waals surface area (Å²) in [6.45, 7) is 2.03. The van der Waals surface area contributed by atoms with Crippen LogP contribution in [0.5, 0.6) is 11.5 Å². The fraction of sp³-hybridized carbons (Fsp3) is 0.278. The first-order chi connectivity index (χ1) is 11.1. The quantitative estimate of drug-likeness (QED) is 0.590. The van der Waals surface area contributed by atoms with Gasteiger partial charge in [0.25, 0.3) is 0 Å². The van der Waals surface area contributed by atoms with Gasteiger partial charge >= 0.3 is 5.97 Å². The Morgan fingerprint density at radius 2 is 1.61 bits per heavy atom. The fourth-order valence-corrected chi connectivity index (χ4v) is 3.17. The Balaban J connectivity index is 2.35. The second-order valence-electron chi connectivity index (χ2n) is 4.95. The number of esters is 1. The number of benzene rings is 2. The molecule has 1 unspecified atom stereocenters. The van der Waals surface area contributed by atoms with Crippen LogP contribution in [0.1, 0.15) is 16.4 Å². The normalized spacial score (nSPS) is 11.7. The van der Waals surface area contributed by atoms with Gasteiger partial charge in [0, 0.05) is 4.90 Å². The second-order valence-corrected chi connectivity index (χ2v) is 6.13. The lowest BCUT2D eigenvalue weighted by Gasteiger charge is -2.17. The van der Waals surface area contributed by atoms with E-state index in [9.17, 15) is 4.79 Å². The van der Waals surface area contributed by atoms with Gasteiger partial charge in [0.1, 0.15) is 5.25 Å². The highest BCUT2D eigenvalue weighted by Gasteiger charge is 2.24. The lowest BCUT2D eigenvalue weighted by atomic mass is 10.1. The van der Waals surface area contributed by atoms with E-state index in [0.717, 1.165) is 10.5 Å². The van der Waals surface area contributed by atoms with Gasteiger partial charge < -0.3 is 14.2 Å². The van der Waals surface area contributed by atoms with E-state index in [1.807, 2.05) is 43.3 Å². The third-order valence-corrected chi connectivity index (χ3v) is 4.65. The van der Waals surface area contributed by atoms with E-state index in [-0.39, 0.29) is 5.97 Å². The fourth-order valence-electron chi connectivity index (χ4n) is 2.13. The lowest BCUT2D eigenvalue weighted by molar-refractivity contribution is -0.140. The molecule has 0 aliphatic rings. The van der Waals surface area contributed by atoms with E-state index in [2.05, 4.69) is 0 Å². The Hall–Kier alpha value is -2.14.